The highest BCUT2D eigenvalue weighted by Gasteiger charge is 2.17. The van der Waals surface area contributed by atoms with Gasteiger partial charge in [0.25, 0.3) is 0 Å². The van der Waals surface area contributed by atoms with Gasteiger partial charge in [-0.05, 0) is 42.0 Å². The Morgan fingerprint density at radius 2 is 1.72 bits per heavy atom. The van der Waals surface area contributed by atoms with Gasteiger partial charge < -0.3 is 14.2 Å². The van der Waals surface area contributed by atoms with Gasteiger partial charge in [-0.3, -0.25) is 9.59 Å². The Balaban J connectivity index is 2.02. The fourth-order valence-electron chi connectivity index (χ4n) is 2.30. The highest BCUT2D eigenvalue weighted by atomic mass is 19.1. The van der Waals surface area contributed by atoms with Crippen molar-refractivity contribution in [3.05, 3.63) is 90.3 Å². The molecule has 8 heteroatoms. The largest absolute Gasteiger partial charge is 0.469 e. The molecule has 0 heterocycles. The summed E-state index contributed by atoms with van der Waals surface area (Å²) in [7, 11) is 1.15. The number of allylic oxidation sites excluding steroid dienone is 1. The summed E-state index contributed by atoms with van der Waals surface area (Å²) in [4.78, 5) is 46.5. The van der Waals surface area contributed by atoms with Crippen LogP contribution >= 0.6 is 0 Å². The van der Waals surface area contributed by atoms with Crippen molar-refractivity contribution in [3.63, 3.8) is 0 Å². The zero-order valence-corrected chi connectivity index (χ0v) is 17.1. The number of hydrogen-bond acceptors (Lipinski definition) is 7. The second-order valence-electron chi connectivity index (χ2n) is 6.28. The number of carbonyl (C=O) groups excluding carboxylic acids is 4. The van der Waals surface area contributed by atoms with Gasteiger partial charge in [0, 0.05) is 17.2 Å². The predicted octanol–water partition coefficient (Wildman–Crippen LogP) is 3.84. The topological polar surface area (TPSA) is 96.0 Å². The zero-order valence-electron chi connectivity index (χ0n) is 17.1. The Hall–Kier alpha value is -4.33. The van der Waals surface area contributed by atoms with Gasteiger partial charge in [0.1, 0.15) is 5.75 Å². The van der Waals surface area contributed by atoms with Gasteiger partial charge in [0.05, 0.1) is 13.5 Å². The number of esters is 3. The Morgan fingerprint density at radius 3 is 2.31 bits per heavy atom. The first-order valence-corrected chi connectivity index (χ1v) is 9.16. The van der Waals surface area contributed by atoms with E-state index in [2.05, 4.69) is 17.9 Å². The first kappa shape index (κ1) is 23.9. The van der Waals surface area contributed by atoms with E-state index >= 15 is 0 Å². The van der Waals surface area contributed by atoms with Gasteiger partial charge >= 0.3 is 17.9 Å². The molecule has 0 aliphatic carbocycles. The molecule has 2 rings (SSSR count). The maximum Gasteiger partial charge on any atom is 0.339 e. The molecule has 0 N–H and O–H groups in total. The number of hydrogen-bond donors (Lipinski definition) is 0. The lowest BCUT2D eigenvalue weighted by atomic mass is 10.1. The maximum absolute atomic E-state index is 14.3. The van der Waals surface area contributed by atoms with E-state index in [4.69, 9.17) is 9.47 Å². The summed E-state index contributed by atoms with van der Waals surface area (Å²) >= 11 is 0. The number of benzene rings is 2. The summed E-state index contributed by atoms with van der Waals surface area (Å²) < 4.78 is 28.5. The average Bonchev–Trinajstić information content (AvgIpc) is 2.79. The fourth-order valence-corrected chi connectivity index (χ4v) is 2.30. The van der Waals surface area contributed by atoms with Crippen LogP contribution in [-0.4, -0.2) is 30.8 Å². The lowest BCUT2D eigenvalue weighted by Gasteiger charge is -2.07. The number of rotatable bonds is 9. The lowest BCUT2D eigenvalue weighted by molar-refractivity contribution is -0.141. The Bertz CT molecular complexity index is 1100. The van der Waals surface area contributed by atoms with Crippen LogP contribution in [0.5, 0.6) is 11.5 Å². The minimum atomic E-state index is -0.990. The SMILES string of the molecule is C=CC(=O)Oc1ccc(/C=C/C(=O)c2ccc(OC(=O)C(=C)CC(=O)OC)c(F)c2)cc1. The van der Waals surface area contributed by atoms with E-state index in [1.807, 2.05) is 0 Å². The molecule has 2 aromatic carbocycles. The predicted molar refractivity (Wildman–Crippen MR) is 113 cm³/mol. The number of ether oxygens (including phenoxy) is 3. The highest BCUT2D eigenvalue weighted by molar-refractivity contribution is 6.07. The average molecular weight is 438 g/mol. The molecule has 7 nitrogen and oxygen atoms in total. The molecule has 0 atom stereocenters. The molecule has 0 fully saturated rings. The molecule has 0 aliphatic heterocycles. The van der Waals surface area contributed by atoms with Crippen molar-refractivity contribution in [1.82, 2.24) is 0 Å². The van der Waals surface area contributed by atoms with Crippen LogP contribution in [0.1, 0.15) is 22.3 Å². The second kappa shape index (κ2) is 11.2. The van der Waals surface area contributed by atoms with Crippen LogP contribution in [0.4, 0.5) is 4.39 Å². The van der Waals surface area contributed by atoms with Gasteiger partial charge in [-0.2, -0.15) is 0 Å². The Labute approximate surface area is 183 Å². The van der Waals surface area contributed by atoms with Crippen LogP contribution in [-0.2, 0) is 19.1 Å². The molecule has 32 heavy (non-hydrogen) atoms. The molecule has 0 bridgehead atoms. The number of ketones is 1. The third kappa shape index (κ3) is 6.88. The molecule has 0 unspecified atom stereocenters. The van der Waals surface area contributed by atoms with Crippen molar-refractivity contribution < 1.29 is 37.8 Å². The minimum Gasteiger partial charge on any atom is -0.469 e. The molecule has 0 saturated carbocycles. The summed E-state index contributed by atoms with van der Waals surface area (Å²) in [6, 6.07) is 9.68. The summed E-state index contributed by atoms with van der Waals surface area (Å²) in [5, 5.41) is 0. The van der Waals surface area contributed by atoms with E-state index in [9.17, 15) is 23.6 Å². The summed E-state index contributed by atoms with van der Waals surface area (Å²) in [6.45, 7) is 6.70. The van der Waals surface area contributed by atoms with Crippen molar-refractivity contribution in [2.45, 2.75) is 6.42 Å². The van der Waals surface area contributed by atoms with E-state index in [0.717, 1.165) is 25.3 Å². The summed E-state index contributed by atoms with van der Waals surface area (Å²) in [5.74, 6) is -3.78. The Morgan fingerprint density at radius 1 is 1.03 bits per heavy atom. The summed E-state index contributed by atoms with van der Waals surface area (Å²) in [5.41, 5.74) is 0.472. The van der Waals surface area contributed by atoms with E-state index in [-0.39, 0.29) is 11.1 Å². The zero-order chi connectivity index (χ0) is 23.7. The van der Waals surface area contributed by atoms with Crippen LogP contribution < -0.4 is 9.47 Å². The van der Waals surface area contributed by atoms with Crippen molar-refractivity contribution >= 4 is 29.8 Å². The van der Waals surface area contributed by atoms with Crippen molar-refractivity contribution in [3.8, 4) is 11.5 Å². The van der Waals surface area contributed by atoms with Gasteiger partial charge in [-0.1, -0.05) is 31.4 Å². The van der Waals surface area contributed by atoms with Crippen LogP contribution in [0.25, 0.3) is 6.08 Å². The van der Waals surface area contributed by atoms with Gasteiger partial charge in [-0.25, -0.2) is 14.0 Å². The quantitative estimate of drug-likeness (QED) is 0.254. The third-order valence-electron chi connectivity index (χ3n) is 3.99. The molecule has 0 amide bonds. The molecular formula is C24H19FO7. The standard InChI is InChI=1S/C24H19FO7/c1-4-22(27)31-18-9-5-16(6-10-18)7-11-20(26)17-8-12-21(19(25)14-17)32-24(29)15(2)13-23(28)30-3/h4-12,14H,1-2,13H2,3H3/b11-7+. The van der Waals surface area contributed by atoms with Gasteiger partial charge in [0.15, 0.2) is 17.3 Å². The van der Waals surface area contributed by atoms with E-state index in [1.54, 1.807) is 24.3 Å². The first-order chi connectivity index (χ1) is 15.2. The van der Waals surface area contributed by atoms with Crippen LogP contribution in [0.2, 0.25) is 0 Å². The van der Waals surface area contributed by atoms with Crippen molar-refractivity contribution in [2.75, 3.05) is 7.11 Å². The molecule has 0 spiro atoms. The third-order valence-corrected chi connectivity index (χ3v) is 3.99. The lowest BCUT2D eigenvalue weighted by Crippen LogP contribution is -2.15. The molecule has 0 aliphatic rings. The van der Waals surface area contributed by atoms with E-state index in [0.29, 0.717) is 11.3 Å². The smallest absolute Gasteiger partial charge is 0.339 e. The summed E-state index contributed by atoms with van der Waals surface area (Å²) in [6.07, 6.45) is 3.39. The van der Waals surface area contributed by atoms with Crippen molar-refractivity contribution in [2.24, 2.45) is 0 Å². The van der Waals surface area contributed by atoms with E-state index < -0.39 is 41.7 Å². The maximum atomic E-state index is 14.3. The molecule has 0 saturated heterocycles. The van der Waals surface area contributed by atoms with Crippen LogP contribution in [0.3, 0.4) is 0 Å². The number of methoxy groups -OCH3 is 1. The monoisotopic (exact) mass is 438 g/mol. The van der Waals surface area contributed by atoms with Gasteiger partial charge in [0.2, 0.25) is 0 Å². The van der Waals surface area contributed by atoms with Crippen LogP contribution in [0, 0.1) is 5.82 Å². The fraction of sp³-hybridized carbons (Fsp3) is 0.0833. The first-order valence-electron chi connectivity index (χ1n) is 9.16. The van der Waals surface area contributed by atoms with Crippen LogP contribution in [0.15, 0.2) is 73.3 Å². The molecule has 0 aromatic heterocycles. The molecular weight excluding hydrogens is 419 g/mol. The minimum absolute atomic E-state index is 0.0310. The normalized spacial score (nSPS) is 10.3. The highest BCUT2D eigenvalue weighted by Crippen LogP contribution is 2.21. The number of carbonyl (C=O) groups is 4. The molecule has 0 radical (unpaired) electrons. The van der Waals surface area contributed by atoms with Crippen molar-refractivity contribution in [1.29, 1.82) is 0 Å². The number of halogens is 1. The molecule has 2 aromatic rings. The van der Waals surface area contributed by atoms with E-state index in [1.165, 1.54) is 18.2 Å². The van der Waals surface area contributed by atoms with Gasteiger partial charge in [-0.15, -0.1) is 0 Å². The second-order valence-corrected chi connectivity index (χ2v) is 6.28. The molecule has 164 valence electrons. The Kier molecular flexibility index (Phi) is 8.36.